The molecule has 0 radical (unpaired) electrons. The molecule has 5 N–H and O–H groups in total. The number of nitrogens with one attached hydrogen (secondary N) is 1. The van der Waals surface area contributed by atoms with Crippen LogP contribution in [0.2, 0.25) is 0 Å². The number of oxime groups is 1. The van der Waals surface area contributed by atoms with Crippen LogP contribution in [-0.4, -0.2) is 154 Å². The van der Waals surface area contributed by atoms with Gasteiger partial charge < -0.3 is 40.4 Å². The first-order chi connectivity index (χ1) is 24.2. The highest BCUT2D eigenvalue weighted by Crippen LogP contribution is 2.26. The van der Waals surface area contributed by atoms with Crippen LogP contribution in [0.1, 0.15) is 63.9 Å². The van der Waals surface area contributed by atoms with Gasteiger partial charge in [0.2, 0.25) is 11.8 Å². The molecule has 1 atom stereocenters. The Morgan fingerprint density at radius 1 is 0.922 bits per heavy atom. The number of carbonyl (C=O) groups excluding carboxylic acids is 2. The van der Waals surface area contributed by atoms with E-state index < -0.39 is 36.4 Å². The van der Waals surface area contributed by atoms with Gasteiger partial charge in [0.1, 0.15) is 11.9 Å². The minimum atomic E-state index is -2.74. The van der Waals surface area contributed by atoms with Crippen molar-refractivity contribution < 1.29 is 53.6 Å². The highest BCUT2D eigenvalue weighted by Gasteiger charge is 2.41. The van der Waals surface area contributed by atoms with E-state index in [4.69, 9.17) is 25.3 Å². The Bertz CT molecular complexity index is 1420. The lowest BCUT2D eigenvalue weighted by atomic mass is 9.94. The summed E-state index contributed by atoms with van der Waals surface area (Å²) >= 11 is 0. The third-order valence-electron chi connectivity index (χ3n) is 9.71. The fraction of sp³-hybridized carbons (Fsp3) is 0.647. The fourth-order valence-corrected chi connectivity index (χ4v) is 6.84. The van der Waals surface area contributed by atoms with E-state index in [1.807, 2.05) is 15.9 Å². The highest BCUT2D eigenvalue weighted by molar-refractivity contribution is 6.01. The zero-order valence-electron chi connectivity index (χ0n) is 29.0. The van der Waals surface area contributed by atoms with Crippen molar-refractivity contribution >= 4 is 41.1 Å². The summed E-state index contributed by atoms with van der Waals surface area (Å²) in [5, 5.41) is 40.6. The first-order valence-corrected chi connectivity index (χ1v) is 17.4. The van der Waals surface area contributed by atoms with E-state index in [0.717, 1.165) is 32.2 Å². The molecule has 4 aliphatic rings. The normalized spacial score (nSPS) is 20.5. The molecule has 0 bridgehead atoms. The van der Waals surface area contributed by atoms with E-state index in [1.54, 1.807) is 6.07 Å². The molecule has 1 aliphatic carbocycles. The number of carboxylic acids is 3. The van der Waals surface area contributed by atoms with E-state index >= 15 is 4.39 Å². The number of hydrogen-bond donors (Lipinski definition) is 5. The Kier molecular flexibility index (Phi) is 14.1. The molecule has 16 nitrogen and oxygen atoms in total. The van der Waals surface area contributed by atoms with Gasteiger partial charge in [0, 0.05) is 77.3 Å². The van der Waals surface area contributed by atoms with Gasteiger partial charge in [-0.05, 0) is 25.0 Å². The number of nitrogens with zero attached hydrogens (tertiary/aromatic N) is 5. The summed E-state index contributed by atoms with van der Waals surface area (Å²) in [6.07, 6.45) is 4.75. The molecule has 282 valence electrons. The number of benzene rings is 1. The smallest absolute Gasteiger partial charge is 0.336 e. The van der Waals surface area contributed by atoms with Gasteiger partial charge in [0.05, 0.1) is 37.3 Å². The Hall–Kier alpha value is -4.35. The molecule has 3 heterocycles. The van der Waals surface area contributed by atoms with Crippen molar-refractivity contribution in [2.75, 3.05) is 70.3 Å². The van der Waals surface area contributed by atoms with E-state index in [9.17, 15) is 24.0 Å². The van der Waals surface area contributed by atoms with Crippen LogP contribution in [0.4, 0.5) is 10.1 Å². The van der Waals surface area contributed by atoms with Crippen LogP contribution in [0.15, 0.2) is 23.4 Å². The van der Waals surface area contributed by atoms with Crippen LogP contribution >= 0.6 is 0 Å². The minimum absolute atomic E-state index is 0.119. The number of aliphatic carboxylic acids is 3. The fourth-order valence-electron chi connectivity index (χ4n) is 6.84. The van der Waals surface area contributed by atoms with Crippen molar-refractivity contribution in [2.45, 2.75) is 76.0 Å². The van der Waals surface area contributed by atoms with Gasteiger partial charge in [0.15, 0.2) is 5.60 Å². The van der Waals surface area contributed by atoms with Crippen molar-refractivity contribution in [1.82, 2.24) is 20.0 Å². The van der Waals surface area contributed by atoms with Gasteiger partial charge in [-0.1, -0.05) is 30.5 Å². The molecule has 1 saturated carbocycles. The van der Waals surface area contributed by atoms with Gasteiger partial charge in [0.25, 0.3) is 0 Å². The van der Waals surface area contributed by atoms with Crippen molar-refractivity contribution in [2.24, 2.45) is 5.16 Å². The molecule has 5 rings (SSSR count). The highest BCUT2D eigenvalue weighted by atomic mass is 19.1. The quantitative estimate of drug-likeness (QED) is 0.203. The maximum absolute atomic E-state index is 15.1. The Morgan fingerprint density at radius 2 is 1.55 bits per heavy atom. The molecule has 0 aromatic heterocycles. The molecule has 3 aliphatic heterocycles. The second-order valence-electron chi connectivity index (χ2n) is 13.5. The molecule has 1 aromatic carbocycles. The van der Waals surface area contributed by atoms with Gasteiger partial charge in [-0.25, -0.2) is 9.18 Å². The number of rotatable bonds is 12. The molecule has 1 aromatic rings. The first kappa shape index (κ1) is 39.4. The standard InChI is InChI=1S/C28H41FN6O3.C6H8O7/c1-21(36)30-19-24-18-26(31-38-24)22-7-8-27(25(29)17-22)34-13-15-35(16-14-34)28(37)20-32-9-11-33(12-10-32)23-5-3-2-4-6-23;7-3(8)1-6(13,5(11)12)2-4(9)10/h7-8,17,23-24H,2-6,9-16,18-20H2,1H3,(H,30,36);13H,1-2H2,(H,7,8)(H,9,10)(H,11,12). The molecule has 51 heavy (non-hydrogen) atoms. The molecule has 2 saturated heterocycles. The molecular weight excluding hydrogens is 671 g/mol. The number of carbonyl (C=O) groups is 5. The van der Waals surface area contributed by atoms with Crippen molar-refractivity contribution in [3.8, 4) is 0 Å². The number of halogens is 1. The third-order valence-corrected chi connectivity index (χ3v) is 9.71. The number of carboxylic acid groups (broad SMARTS) is 3. The SMILES string of the molecule is CC(=O)NCC1CC(c2ccc(N3CCN(C(=O)CN4CCN(C5CCCCC5)CC4)CC3)c(F)c2)=NO1.O=C(O)CC(O)(CC(=O)O)C(=O)O. The van der Waals surface area contributed by atoms with Gasteiger partial charge in [-0.15, -0.1) is 0 Å². The maximum Gasteiger partial charge on any atom is 0.336 e. The van der Waals surface area contributed by atoms with Crippen LogP contribution in [0.3, 0.4) is 0 Å². The summed E-state index contributed by atoms with van der Waals surface area (Å²) in [5.74, 6) is -5.26. The molecule has 2 amide bonds. The Labute approximate surface area is 295 Å². The third kappa shape index (κ3) is 11.6. The van der Waals surface area contributed by atoms with E-state index in [2.05, 4.69) is 20.3 Å². The number of hydrogen-bond acceptors (Lipinski definition) is 11. The second-order valence-corrected chi connectivity index (χ2v) is 13.5. The maximum atomic E-state index is 15.1. The predicted molar refractivity (Wildman–Crippen MR) is 182 cm³/mol. The van der Waals surface area contributed by atoms with Gasteiger partial charge in [-0.3, -0.25) is 29.0 Å². The zero-order valence-corrected chi connectivity index (χ0v) is 29.0. The largest absolute Gasteiger partial charge is 0.481 e. The summed E-state index contributed by atoms with van der Waals surface area (Å²) in [5.41, 5.74) is -0.818. The van der Waals surface area contributed by atoms with Gasteiger partial charge >= 0.3 is 17.9 Å². The zero-order chi connectivity index (χ0) is 37.1. The topological polar surface area (TPSA) is 213 Å². The molecule has 3 fully saturated rings. The lowest BCUT2D eigenvalue weighted by molar-refractivity contribution is -0.170. The summed E-state index contributed by atoms with van der Waals surface area (Å²) in [7, 11) is 0. The van der Waals surface area contributed by atoms with Crippen LogP contribution in [0, 0.1) is 5.82 Å². The lowest BCUT2D eigenvalue weighted by Gasteiger charge is -2.41. The molecular formula is C34H49FN6O10. The number of aliphatic hydroxyl groups is 1. The van der Waals surface area contributed by atoms with Crippen molar-refractivity contribution in [3.05, 3.63) is 29.6 Å². The van der Waals surface area contributed by atoms with Crippen LogP contribution in [0.5, 0.6) is 0 Å². The summed E-state index contributed by atoms with van der Waals surface area (Å²) in [6, 6.07) is 5.90. The number of amides is 2. The second kappa shape index (κ2) is 18.2. The van der Waals surface area contributed by atoms with Crippen molar-refractivity contribution in [1.29, 1.82) is 0 Å². The number of piperazine rings is 2. The Morgan fingerprint density at radius 3 is 2.10 bits per heavy atom. The van der Waals surface area contributed by atoms with Gasteiger partial charge in [-0.2, -0.15) is 0 Å². The average Bonchev–Trinajstić information content (AvgIpc) is 3.57. The van der Waals surface area contributed by atoms with Crippen LogP contribution in [0.25, 0.3) is 0 Å². The molecule has 1 unspecified atom stereocenters. The van der Waals surface area contributed by atoms with E-state index in [-0.39, 0.29) is 23.7 Å². The Balaban J connectivity index is 0.000000383. The predicted octanol–water partition coefficient (Wildman–Crippen LogP) is 0.805. The van der Waals surface area contributed by atoms with E-state index in [0.29, 0.717) is 62.7 Å². The monoisotopic (exact) mass is 720 g/mol. The minimum Gasteiger partial charge on any atom is -0.481 e. The van der Waals surface area contributed by atoms with Crippen molar-refractivity contribution in [3.63, 3.8) is 0 Å². The summed E-state index contributed by atoms with van der Waals surface area (Å²) < 4.78 is 15.1. The lowest BCUT2D eigenvalue weighted by Crippen LogP contribution is -2.55. The van der Waals surface area contributed by atoms with E-state index in [1.165, 1.54) is 45.1 Å². The summed E-state index contributed by atoms with van der Waals surface area (Å²) in [6.45, 7) is 8.80. The average molecular weight is 721 g/mol. The molecule has 0 spiro atoms. The van der Waals surface area contributed by atoms with Crippen LogP contribution in [-0.2, 0) is 28.8 Å². The molecule has 17 heteroatoms. The van der Waals surface area contributed by atoms with Crippen LogP contribution < -0.4 is 10.2 Å². The number of anilines is 1. The first-order valence-electron chi connectivity index (χ1n) is 17.4. The summed E-state index contributed by atoms with van der Waals surface area (Å²) in [4.78, 5) is 68.8.